The van der Waals surface area contributed by atoms with Gasteiger partial charge >= 0.3 is 11.8 Å². The molecule has 2 aromatic rings. The molecule has 0 bridgehead atoms. The molecule has 49 heavy (non-hydrogen) atoms. The van der Waals surface area contributed by atoms with Crippen LogP contribution in [0.1, 0.15) is 117 Å². The number of aliphatic carboxylic acids is 1. The maximum Gasteiger partial charge on any atom is 0.519 e. The molecule has 7 rings (SSSR count). The van der Waals surface area contributed by atoms with E-state index in [1.165, 1.54) is 0 Å². The summed E-state index contributed by atoms with van der Waals surface area (Å²) in [5.41, 5.74) is 0.271. The number of carbonyl (C=O) groups is 3. The van der Waals surface area contributed by atoms with E-state index >= 15 is 4.79 Å². The van der Waals surface area contributed by atoms with Crippen LogP contribution in [-0.2, 0) is 25.8 Å². The van der Waals surface area contributed by atoms with Gasteiger partial charge in [0.1, 0.15) is 18.7 Å². The van der Waals surface area contributed by atoms with Crippen molar-refractivity contribution in [2.24, 2.45) is 44.3 Å². The quantitative estimate of drug-likeness (QED) is 0.235. The van der Waals surface area contributed by atoms with Crippen LogP contribution in [0.15, 0.2) is 49.8 Å². The highest BCUT2D eigenvalue weighted by Crippen LogP contribution is 2.76. The number of fused-ring (bicyclic) bond motifs is 7. The molecule has 4 saturated carbocycles. The molecule has 266 valence electrons. The Balaban J connectivity index is 1.35. The summed E-state index contributed by atoms with van der Waals surface area (Å²) < 4.78 is 12.4. The third kappa shape index (κ3) is 4.38. The largest absolute Gasteiger partial charge is 0.519 e. The van der Waals surface area contributed by atoms with Gasteiger partial charge in [-0.1, -0.05) is 33.3 Å². The van der Waals surface area contributed by atoms with Gasteiger partial charge < -0.3 is 23.3 Å². The van der Waals surface area contributed by atoms with E-state index < -0.39 is 44.9 Å². The van der Waals surface area contributed by atoms with Crippen molar-refractivity contribution in [3.63, 3.8) is 0 Å². The van der Waals surface area contributed by atoms with E-state index in [1.54, 1.807) is 6.92 Å². The summed E-state index contributed by atoms with van der Waals surface area (Å²) in [5.74, 6) is -1.30. The van der Waals surface area contributed by atoms with Crippen molar-refractivity contribution in [3.05, 3.63) is 58.3 Å². The molecular weight excluding hydrogens is 624 g/mol. The molecule has 5 aliphatic carbocycles. The normalized spacial score (nSPS) is 44.6. The average Bonchev–Trinajstić information content (AvgIpc) is 3.69. The first-order valence-electron chi connectivity index (χ1n) is 18.0. The Morgan fingerprint density at radius 2 is 1.67 bits per heavy atom. The number of nitrogens with zero attached hydrogens (tertiary/aromatic N) is 1. The molecule has 0 amide bonds. The molecule has 10 nitrogen and oxygen atoms in total. The summed E-state index contributed by atoms with van der Waals surface area (Å²) in [6, 6.07) is 3.74. The van der Waals surface area contributed by atoms with Crippen LogP contribution in [0, 0.1) is 51.2 Å². The number of hydrogen-bond donors (Lipinski definition) is 2. The number of carbonyl (C=O) groups excluding carboxylic acids is 2. The lowest BCUT2D eigenvalue weighted by Gasteiger charge is -2.73. The van der Waals surface area contributed by atoms with Crippen LogP contribution in [-0.4, -0.2) is 33.3 Å². The topological polar surface area (TPSA) is 141 Å². The molecule has 5 aliphatic rings. The fraction of sp³-hybridized carbons (Fsp3) is 0.692. The van der Waals surface area contributed by atoms with E-state index in [0.29, 0.717) is 44.3 Å². The van der Waals surface area contributed by atoms with Gasteiger partial charge in [0.05, 0.1) is 16.4 Å². The summed E-state index contributed by atoms with van der Waals surface area (Å²) in [7, 11) is 0. The number of hydrogen-bond acceptors (Lipinski definition) is 8. The molecular formula is C39H52N2O8. The Morgan fingerprint density at radius 3 is 2.31 bits per heavy atom. The Bertz CT molecular complexity index is 1770. The smallest absolute Gasteiger partial charge is 0.481 e. The molecule has 0 unspecified atom stereocenters. The second-order valence-electron chi connectivity index (χ2n) is 17.7. The fourth-order valence-electron chi connectivity index (χ4n) is 12.2. The van der Waals surface area contributed by atoms with Crippen LogP contribution in [0.4, 0.5) is 0 Å². The zero-order chi connectivity index (χ0) is 35.4. The molecule has 2 aromatic heterocycles. The predicted molar refractivity (Wildman–Crippen MR) is 180 cm³/mol. The van der Waals surface area contributed by atoms with Gasteiger partial charge in [-0.25, -0.2) is 4.79 Å². The van der Waals surface area contributed by atoms with Gasteiger partial charge in [-0.15, -0.1) is 0 Å². The number of ketones is 1. The third-order valence-electron chi connectivity index (χ3n) is 15.6. The van der Waals surface area contributed by atoms with Crippen molar-refractivity contribution in [1.29, 1.82) is 0 Å². The Labute approximate surface area is 288 Å². The number of aromatic nitrogens is 1. The Kier molecular flexibility index (Phi) is 7.60. The van der Waals surface area contributed by atoms with Crippen LogP contribution in [0.25, 0.3) is 0 Å². The molecule has 10 atom stereocenters. The number of rotatable bonds is 7. The fourth-order valence-corrected chi connectivity index (χ4v) is 12.2. The number of allylic oxidation sites excluding steroid dienone is 2. The molecule has 0 spiro atoms. The SMILES string of the molecule is Cc1oc(=O)oc1CON[C@@]12CC[C@]3(C)[C@H](C(=O)C=C4[C@@H]5C[C@@](C)(C(=O)O)CC[C@]5(C)CC[C@]43C)[C@@]1(C)CC[C@H](n1cccc1)[C@@]2(C)C=O. The number of nitrogens with one attached hydrogen (secondary N) is 1. The van der Waals surface area contributed by atoms with Crippen LogP contribution in [0.2, 0.25) is 0 Å². The summed E-state index contributed by atoms with van der Waals surface area (Å²) in [6.07, 6.45) is 13.5. The number of carboxylic acid groups (broad SMARTS) is 1. The highest BCUT2D eigenvalue weighted by Gasteiger charge is 2.76. The third-order valence-corrected chi connectivity index (χ3v) is 15.6. The minimum Gasteiger partial charge on any atom is -0.481 e. The zero-order valence-electron chi connectivity index (χ0n) is 30.0. The summed E-state index contributed by atoms with van der Waals surface area (Å²) in [6.45, 7) is 14.5. The maximum absolute atomic E-state index is 15.0. The van der Waals surface area contributed by atoms with Crippen LogP contribution >= 0.6 is 0 Å². The molecule has 2 N–H and O–H groups in total. The number of hydroxylamine groups is 1. The van der Waals surface area contributed by atoms with Crippen molar-refractivity contribution in [1.82, 2.24) is 10.0 Å². The van der Waals surface area contributed by atoms with Crippen molar-refractivity contribution in [2.75, 3.05) is 0 Å². The lowest BCUT2D eigenvalue weighted by atomic mass is 9.31. The number of aryl methyl sites for hydroxylation is 1. The van der Waals surface area contributed by atoms with Crippen LogP contribution in [0.5, 0.6) is 0 Å². The van der Waals surface area contributed by atoms with Gasteiger partial charge in [-0.05, 0) is 124 Å². The lowest BCUT2D eigenvalue weighted by Crippen LogP contribution is -2.78. The predicted octanol–water partition coefficient (Wildman–Crippen LogP) is 6.97. The van der Waals surface area contributed by atoms with E-state index in [0.717, 1.165) is 31.1 Å². The Hall–Kier alpha value is -3.24. The van der Waals surface area contributed by atoms with Crippen molar-refractivity contribution in [2.45, 2.75) is 124 Å². The van der Waals surface area contributed by atoms with Crippen LogP contribution in [0.3, 0.4) is 0 Å². The molecule has 2 heterocycles. The number of carboxylic acids is 1. The first-order chi connectivity index (χ1) is 22.9. The summed E-state index contributed by atoms with van der Waals surface area (Å²) >= 11 is 0. The lowest BCUT2D eigenvalue weighted by molar-refractivity contribution is -0.241. The van der Waals surface area contributed by atoms with E-state index in [2.05, 4.69) is 37.7 Å². The summed E-state index contributed by atoms with van der Waals surface area (Å²) in [4.78, 5) is 59.3. The van der Waals surface area contributed by atoms with Crippen molar-refractivity contribution in [3.8, 4) is 0 Å². The Morgan fingerprint density at radius 1 is 0.980 bits per heavy atom. The van der Waals surface area contributed by atoms with E-state index in [4.69, 9.17) is 13.7 Å². The molecule has 10 heteroatoms. The molecule has 4 fully saturated rings. The monoisotopic (exact) mass is 676 g/mol. The summed E-state index contributed by atoms with van der Waals surface area (Å²) in [5, 5.41) is 10.3. The van der Waals surface area contributed by atoms with Gasteiger partial charge in [0, 0.05) is 24.4 Å². The van der Waals surface area contributed by atoms with Gasteiger partial charge in [-0.3, -0.25) is 14.4 Å². The van der Waals surface area contributed by atoms with E-state index in [1.807, 2.05) is 44.4 Å². The van der Waals surface area contributed by atoms with Crippen molar-refractivity contribution < 1.29 is 33.2 Å². The first kappa shape index (κ1) is 34.2. The highest BCUT2D eigenvalue weighted by atomic mass is 16.7. The molecule has 0 aromatic carbocycles. The van der Waals surface area contributed by atoms with E-state index in [-0.39, 0.29) is 40.9 Å². The van der Waals surface area contributed by atoms with Crippen LogP contribution < -0.4 is 11.3 Å². The number of aldehydes is 1. The maximum atomic E-state index is 15.0. The van der Waals surface area contributed by atoms with Crippen molar-refractivity contribution >= 4 is 18.0 Å². The van der Waals surface area contributed by atoms with Gasteiger partial charge in [-0.2, -0.15) is 5.48 Å². The highest BCUT2D eigenvalue weighted by molar-refractivity contribution is 5.96. The standard InChI is InChI=1S/C39H52N2O8/c1-24-28(49-32(46)48-24)22-47-40-39-17-16-36(5)30(37(39,6)11-10-29(38(39,7)23-42)41-18-8-9-19-41)27(43)20-25-26-21-34(3,31(44)45)13-12-33(26,2)14-15-35(25,36)4/h8-9,18-20,23,26,29-30,40H,10-17,21-22H2,1-7H3,(H,44,45)/t26-,29-,30-,33+,34-,35+,36+,37+,38+,39-/m0/s1. The van der Waals surface area contributed by atoms with Gasteiger partial charge in [0.15, 0.2) is 11.5 Å². The zero-order valence-corrected chi connectivity index (χ0v) is 30.0. The molecule has 0 saturated heterocycles. The first-order valence-corrected chi connectivity index (χ1v) is 18.0. The van der Waals surface area contributed by atoms with Gasteiger partial charge in [0.25, 0.3) is 0 Å². The van der Waals surface area contributed by atoms with Gasteiger partial charge in [0.2, 0.25) is 0 Å². The van der Waals surface area contributed by atoms with E-state index in [9.17, 15) is 19.5 Å². The minimum atomic E-state index is -0.990. The second-order valence-corrected chi connectivity index (χ2v) is 17.7. The second kappa shape index (κ2) is 10.9. The minimum absolute atomic E-state index is 0.0151. The average molecular weight is 677 g/mol. The molecule has 0 aliphatic heterocycles. The molecule has 0 radical (unpaired) electrons.